The molecule has 0 bridgehead atoms. The molecule has 5 atom stereocenters. The number of hydrogen-bond donors (Lipinski definition) is 1. The maximum Gasteiger partial charge on any atom is 0.305 e. The third kappa shape index (κ3) is 7.59. The van der Waals surface area contributed by atoms with E-state index in [1.165, 1.54) is 12.7 Å². The van der Waals surface area contributed by atoms with E-state index in [1.54, 1.807) is 0 Å². The van der Waals surface area contributed by atoms with Gasteiger partial charge in [0.05, 0.1) is 13.2 Å². The standard InChI is InChI=1S/C25H36Cl2O3/c1-3-4-7-11-23(28)18-13-15-19(16-14-18)25-20(21(26)17-22(25)27)10-8-5-6-9-12-24(29)30-2/h5,8,13-16,20-23,25,28H,3-4,6-7,9-12,17H2,1-2H3/b8-5-/t20?,21-,22+,23-,25-/m1/s1. The quantitative estimate of drug-likeness (QED) is 0.161. The Kier molecular flexibility index (Phi) is 11.3. The van der Waals surface area contributed by atoms with E-state index in [2.05, 4.69) is 35.9 Å². The number of rotatable bonds is 12. The number of aliphatic hydroxyl groups is 1. The lowest BCUT2D eigenvalue weighted by Crippen LogP contribution is -2.16. The fraction of sp³-hybridized carbons (Fsp3) is 0.640. The number of carbonyl (C=O) groups excluding carboxylic acids is 1. The van der Waals surface area contributed by atoms with Crippen molar-refractivity contribution in [3.63, 3.8) is 0 Å². The van der Waals surface area contributed by atoms with Gasteiger partial charge in [-0.2, -0.15) is 0 Å². The van der Waals surface area contributed by atoms with E-state index in [0.29, 0.717) is 6.42 Å². The Balaban J connectivity index is 1.94. The summed E-state index contributed by atoms with van der Waals surface area (Å²) in [6.07, 6.45) is 11.8. The topological polar surface area (TPSA) is 46.5 Å². The first-order chi connectivity index (χ1) is 14.5. The van der Waals surface area contributed by atoms with Crippen LogP contribution in [-0.2, 0) is 9.53 Å². The number of benzene rings is 1. The monoisotopic (exact) mass is 454 g/mol. The predicted molar refractivity (Wildman–Crippen MR) is 125 cm³/mol. The minimum absolute atomic E-state index is 0.0190. The molecule has 1 aliphatic rings. The van der Waals surface area contributed by atoms with Crippen LogP contribution in [0.5, 0.6) is 0 Å². The van der Waals surface area contributed by atoms with Gasteiger partial charge in [-0.1, -0.05) is 62.6 Å². The molecule has 1 aromatic carbocycles. The number of aliphatic hydroxyl groups excluding tert-OH is 1. The molecule has 168 valence electrons. The molecule has 0 spiro atoms. The number of alkyl halides is 2. The molecular weight excluding hydrogens is 419 g/mol. The summed E-state index contributed by atoms with van der Waals surface area (Å²) in [7, 11) is 1.42. The highest BCUT2D eigenvalue weighted by molar-refractivity contribution is 6.25. The summed E-state index contributed by atoms with van der Waals surface area (Å²) in [6.45, 7) is 2.17. The Morgan fingerprint density at radius 2 is 1.90 bits per heavy atom. The molecule has 1 N–H and O–H groups in total. The minimum atomic E-state index is -0.398. The van der Waals surface area contributed by atoms with E-state index >= 15 is 0 Å². The SMILES string of the molecule is CCCCC[C@@H](O)c1ccc([C@@H]2C(C/C=C\CCCC(=O)OC)[C@H](Cl)C[C@@H]2Cl)cc1. The number of unbranched alkanes of at least 4 members (excludes halogenated alkanes) is 3. The Hall–Kier alpha value is -1.03. The molecule has 0 heterocycles. The molecule has 0 radical (unpaired) electrons. The van der Waals surface area contributed by atoms with Crippen LogP contribution in [-0.4, -0.2) is 28.9 Å². The third-order valence-corrected chi connectivity index (χ3v) is 7.06. The number of halogens is 2. The number of methoxy groups -OCH3 is 1. The summed E-state index contributed by atoms with van der Waals surface area (Å²) in [5.74, 6) is 0.329. The van der Waals surface area contributed by atoms with Gasteiger partial charge in [-0.3, -0.25) is 4.79 Å². The van der Waals surface area contributed by atoms with Crippen molar-refractivity contribution in [3.8, 4) is 0 Å². The van der Waals surface area contributed by atoms with E-state index in [9.17, 15) is 9.90 Å². The zero-order chi connectivity index (χ0) is 21.9. The number of esters is 1. The van der Waals surface area contributed by atoms with Gasteiger partial charge in [-0.25, -0.2) is 0 Å². The van der Waals surface area contributed by atoms with Crippen LogP contribution in [0.3, 0.4) is 0 Å². The molecule has 1 unspecified atom stereocenters. The number of allylic oxidation sites excluding steroid dienone is 2. The van der Waals surface area contributed by atoms with Gasteiger partial charge in [-0.15, -0.1) is 23.2 Å². The van der Waals surface area contributed by atoms with Crippen molar-refractivity contribution in [3.05, 3.63) is 47.5 Å². The van der Waals surface area contributed by atoms with Crippen LogP contribution in [0.2, 0.25) is 0 Å². The molecule has 0 aromatic heterocycles. The lowest BCUT2D eigenvalue weighted by atomic mass is 9.85. The van der Waals surface area contributed by atoms with E-state index in [0.717, 1.165) is 56.9 Å². The smallest absolute Gasteiger partial charge is 0.305 e. The first-order valence-corrected chi connectivity index (χ1v) is 12.1. The summed E-state index contributed by atoms with van der Waals surface area (Å²) in [4.78, 5) is 11.2. The van der Waals surface area contributed by atoms with Crippen LogP contribution in [0.1, 0.15) is 87.9 Å². The normalized spacial score (nSPS) is 25.0. The highest BCUT2D eigenvalue weighted by Gasteiger charge is 2.41. The van der Waals surface area contributed by atoms with Crippen molar-refractivity contribution >= 4 is 29.2 Å². The van der Waals surface area contributed by atoms with Gasteiger partial charge in [0.1, 0.15) is 0 Å². The third-order valence-electron chi connectivity index (χ3n) is 6.11. The number of carbonyl (C=O) groups is 1. The number of ether oxygens (including phenoxy) is 1. The van der Waals surface area contributed by atoms with Crippen molar-refractivity contribution in [1.29, 1.82) is 0 Å². The van der Waals surface area contributed by atoms with E-state index in [4.69, 9.17) is 23.2 Å². The van der Waals surface area contributed by atoms with Gasteiger partial charge in [0.25, 0.3) is 0 Å². The van der Waals surface area contributed by atoms with Crippen LogP contribution >= 0.6 is 23.2 Å². The average molecular weight is 455 g/mol. The van der Waals surface area contributed by atoms with E-state index < -0.39 is 6.10 Å². The van der Waals surface area contributed by atoms with Crippen molar-refractivity contribution in [1.82, 2.24) is 0 Å². The van der Waals surface area contributed by atoms with Gasteiger partial charge in [0.15, 0.2) is 0 Å². The molecule has 0 aliphatic heterocycles. The Morgan fingerprint density at radius 3 is 2.57 bits per heavy atom. The van der Waals surface area contributed by atoms with Crippen LogP contribution in [0.15, 0.2) is 36.4 Å². The van der Waals surface area contributed by atoms with E-state index in [1.807, 2.05) is 12.1 Å². The highest BCUT2D eigenvalue weighted by atomic mass is 35.5. The average Bonchev–Trinajstić information content (AvgIpc) is 3.03. The zero-order valence-electron chi connectivity index (χ0n) is 18.2. The maximum atomic E-state index is 11.2. The largest absolute Gasteiger partial charge is 0.469 e. The first kappa shape index (κ1) is 25.2. The molecule has 1 aromatic rings. The molecule has 0 amide bonds. The second kappa shape index (κ2) is 13.4. The molecule has 30 heavy (non-hydrogen) atoms. The van der Waals surface area contributed by atoms with E-state index in [-0.39, 0.29) is 28.6 Å². The first-order valence-electron chi connectivity index (χ1n) is 11.3. The summed E-state index contributed by atoms with van der Waals surface area (Å²) in [5, 5.41) is 10.5. The Morgan fingerprint density at radius 1 is 1.17 bits per heavy atom. The molecule has 1 fully saturated rings. The van der Waals surface area contributed by atoms with Crippen LogP contribution in [0, 0.1) is 5.92 Å². The molecular formula is C25H36Cl2O3. The summed E-state index contributed by atoms with van der Waals surface area (Å²) in [5.41, 5.74) is 2.18. The van der Waals surface area contributed by atoms with Gasteiger partial charge < -0.3 is 9.84 Å². The Bertz CT molecular complexity index is 659. The zero-order valence-corrected chi connectivity index (χ0v) is 19.7. The van der Waals surface area contributed by atoms with Gasteiger partial charge in [0.2, 0.25) is 0 Å². The maximum absolute atomic E-state index is 11.2. The molecule has 3 nitrogen and oxygen atoms in total. The fourth-order valence-corrected chi connectivity index (χ4v) is 5.38. The summed E-state index contributed by atoms with van der Waals surface area (Å²) >= 11 is 13.3. The second-order valence-electron chi connectivity index (χ2n) is 8.31. The minimum Gasteiger partial charge on any atom is -0.469 e. The number of hydrogen-bond acceptors (Lipinski definition) is 3. The lowest BCUT2D eigenvalue weighted by molar-refractivity contribution is -0.140. The second-order valence-corrected chi connectivity index (χ2v) is 9.43. The lowest BCUT2D eigenvalue weighted by Gasteiger charge is -2.23. The molecule has 1 saturated carbocycles. The van der Waals surface area contributed by atoms with Crippen LogP contribution in [0.4, 0.5) is 0 Å². The predicted octanol–water partition coefficient (Wildman–Crippen LogP) is 6.91. The van der Waals surface area contributed by atoms with Crippen LogP contribution < -0.4 is 0 Å². The van der Waals surface area contributed by atoms with Crippen molar-refractivity contribution in [2.75, 3.05) is 7.11 Å². The van der Waals surface area contributed by atoms with Gasteiger partial charge >= 0.3 is 5.97 Å². The molecule has 5 heteroatoms. The van der Waals surface area contributed by atoms with Crippen molar-refractivity contribution in [2.24, 2.45) is 5.92 Å². The summed E-state index contributed by atoms with van der Waals surface area (Å²) in [6, 6.07) is 8.30. The molecule has 2 rings (SSSR count). The highest BCUT2D eigenvalue weighted by Crippen LogP contribution is 2.47. The molecule has 1 aliphatic carbocycles. The van der Waals surface area contributed by atoms with Crippen molar-refractivity contribution in [2.45, 2.75) is 87.5 Å². The summed E-state index contributed by atoms with van der Waals surface area (Å²) < 4.78 is 4.66. The fourth-order valence-electron chi connectivity index (χ4n) is 4.31. The molecule has 0 saturated heterocycles. The van der Waals surface area contributed by atoms with Gasteiger partial charge in [-0.05, 0) is 49.1 Å². The van der Waals surface area contributed by atoms with Gasteiger partial charge in [0, 0.05) is 23.1 Å². The van der Waals surface area contributed by atoms with Crippen molar-refractivity contribution < 1.29 is 14.6 Å². The Labute approximate surface area is 191 Å². The van der Waals surface area contributed by atoms with Crippen LogP contribution in [0.25, 0.3) is 0 Å².